The Morgan fingerprint density at radius 1 is 1.04 bits per heavy atom. The van der Waals surface area contributed by atoms with Crippen LogP contribution in [-0.2, 0) is 0 Å². The second-order valence-electron chi connectivity index (χ2n) is 5.85. The molecule has 2 aromatic heterocycles. The summed E-state index contributed by atoms with van der Waals surface area (Å²) in [5.74, 6) is 0.920. The second-order valence-corrected chi connectivity index (χ2v) is 6.29. The number of fused-ring (bicyclic) bond motifs is 2. The maximum atomic E-state index is 12.6. The van der Waals surface area contributed by atoms with E-state index in [0.717, 1.165) is 16.3 Å². The van der Waals surface area contributed by atoms with Gasteiger partial charge in [-0.2, -0.15) is 0 Å². The summed E-state index contributed by atoms with van der Waals surface area (Å²) in [7, 11) is 3.11. The van der Waals surface area contributed by atoms with Crippen molar-refractivity contribution in [2.45, 2.75) is 0 Å². The summed E-state index contributed by atoms with van der Waals surface area (Å²) in [6.07, 6.45) is 0. The number of anilines is 1. The molecule has 0 aliphatic rings. The molecule has 1 N–H and O–H groups in total. The van der Waals surface area contributed by atoms with Crippen molar-refractivity contribution in [1.29, 1.82) is 0 Å². The molecule has 7 heteroatoms. The Labute approximate surface area is 159 Å². The highest BCUT2D eigenvalue weighted by atomic mass is 35.5. The number of rotatable bonds is 4. The number of nitrogens with one attached hydrogen (secondary N) is 1. The number of hydrogen-bond donors (Lipinski definition) is 1. The Hall–Kier alpha value is -3.25. The van der Waals surface area contributed by atoms with Crippen LogP contribution in [0.15, 0.2) is 52.9 Å². The number of hydrogen-bond acceptors (Lipinski definition) is 5. The maximum Gasteiger partial charge on any atom is 0.291 e. The first-order chi connectivity index (χ1) is 13.1. The Kier molecular flexibility index (Phi) is 4.33. The Morgan fingerprint density at radius 3 is 2.67 bits per heavy atom. The van der Waals surface area contributed by atoms with Crippen LogP contribution in [0.3, 0.4) is 0 Å². The fourth-order valence-corrected chi connectivity index (χ4v) is 2.98. The van der Waals surface area contributed by atoms with Gasteiger partial charge in [0, 0.05) is 21.9 Å². The standard InChI is InChI=1S/C20H15ClN2O4/c1-25-14-5-3-11-7-12-8-18(27-20(12)23-15(11)10-14)19(24)22-16-9-13(21)4-6-17(16)26-2/h3-10H,1-2H3,(H,22,24). The highest BCUT2D eigenvalue weighted by Crippen LogP contribution is 2.29. The highest BCUT2D eigenvalue weighted by molar-refractivity contribution is 6.31. The zero-order valence-corrected chi connectivity index (χ0v) is 15.3. The van der Waals surface area contributed by atoms with E-state index in [1.807, 2.05) is 24.3 Å². The molecule has 0 saturated carbocycles. The third kappa shape index (κ3) is 3.27. The summed E-state index contributed by atoms with van der Waals surface area (Å²) < 4.78 is 16.1. The lowest BCUT2D eigenvalue weighted by molar-refractivity contribution is 0.0998. The van der Waals surface area contributed by atoms with Crippen LogP contribution in [0, 0.1) is 0 Å². The lowest BCUT2D eigenvalue weighted by atomic mass is 10.2. The van der Waals surface area contributed by atoms with E-state index in [-0.39, 0.29) is 5.76 Å². The molecule has 4 rings (SSSR count). The van der Waals surface area contributed by atoms with Gasteiger partial charge in [-0.05, 0) is 42.5 Å². The Bertz CT molecular complexity index is 1170. The molecular weight excluding hydrogens is 368 g/mol. The zero-order chi connectivity index (χ0) is 19.0. The van der Waals surface area contributed by atoms with Gasteiger partial charge in [-0.3, -0.25) is 4.79 Å². The highest BCUT2D eigenvalue weighted by Gasteiger charge is 2.16. The maximum absolute atomic E-state index is 12.6. The largest absolute Gasteiger partial charge is 0.497 e. The molecule has 136 valence electrons. The van der Waals surface area contributed by atoms with E-state index in [0.29, 0.717) is 27.9 Å². The van der Waals surface area contributed by atoms with Crippen LogP contribution >= 0.6 is 11.6 Å². The third-order valence-corrected chi connectivity index (χ3v) is 4.38. The van der Waals surface area contributed by atoms with Crippen LogP contribution < -0.4 is 14.8 Å². The molecule has 0 atom stereocenters. The molecule has 0 aliphatic carbocycles. The number of furan rings is 1. The van der Waals surface area contributed by atoms with Crippen molar-refractivity contribution in [3.05, 3.63) is 59.3 Å². The van der Waals surface area contributed by atoms with Crippen molar-refractivity contribution in [2.75, 3.05) is 19.5 Å². The SMILES string of the molecule is COc1ccc2cc3cc(C(=O)Nc4cc(Cl)ccc4OC)oc3nc2c1. The molecule has 0 radical (unpaired) electrons. The van der Waals surface area contributed by atoms with Gasteiger partial charge in [-0.1, -0.05) is 11.6 Å². The third-order valence-electron chi connectivity index (χ3n) is 4.14. The normalized spacial score (nSPS) is 10.9. The molecule has 2 aromatic carbocycles. The summed E-state index contributed by atoms with van der Waals surface area (Å²) in [5, 5.41) is 4.89. The molecule has 4 aromatic rings. The van der Waals surface area contributed by atoms with Crippen molar-refractivity contribution < 1.29 is 18.7 Å². The number of nitrogens with zero attached hydrogens (tertiary/aromatic N) is 1. The molecule has 0 unspecified atom stereocenters. The monoisotopic (exact) mass is 382 g/mol. The van der Waals surface area contributed by atoms with E-state index in [9.17, 15) is 4.79 Å². The van der Waals surface area contributed by atoms with Gasteiger partial charge in [-0.25, -0.2) is 4.98 Å². The average molecular weight is 383 g/mol. The number of carbonyl (C=O) groups is 1. The Balaban J connectivity index is 1.70. The van der Waals surface area contributed by atoms with Gasteiger partial charge in [0.1, 0.15) is 11.5 Å². The van der Waals surface area contributed by atoms with E-state index in [4.69, 9.17) is 25.5 Å². The average Bonchev–Trinajstić information content (AvgIpc) is 3.09. The molecule has 6 nitrogen and oxygen atoms in total. The predicted molar refractivity (Wildman–Crippen MR) is 104 cm³/mol. The van der Waals surface area contributed by atoms with Gasteiger partial charge in [-0.15, -0.1) is 0 Å². The van der Waals surface area contributed by atoms with E-state index >= 15 is 0 Å². The topological polar surface area (TPSA) is 73.6 Å². The fraction of sp³-hybridized carbons (Fsp3) is 0.100. The molecule has 0 fully saturated rings. The van der Waals surface area contributed by atoms with Crippen molar-refractivity contribution in [2.24, 2.45) is 0 Å². The first-order valence-corrected chi connectivity index (χ1v) is 8.48. The van der Waals surface area contributed by atoms with E-state index in [2.05, 4.69) is 10.3 Å². The zero-order valence-electron chi connectivity index (χ0n) is 14.6. The molecule has 0 saturated heterocycles. The molecule has 1 amide bonds. The first-order valence-electron chi connectivity index (χ1n) is 8.10. The number of amides is 1. The number of pyridine rings is 1. The number of ether oxygens (including phenoxy) is 2. The Morgan fingerprint density at radius 2 is 1.89 bits per heavy atom. The van der Waals surface area contributed by atoms with E-state index in [1.165, 1.54) is 7.11 Å². The molecule has 0 spiro atoms. The number of benzene rings is 2. The van der Waals surface area contributed by atoms with Gasteiger partial charge < -0.3 is 19.2 Å². The number of carbonyl (C=O) groups excluding carboxylic acids is 1. The summed E-state index contributed by atoms with van der Waals surface area (Å²) in [5.41, 5.74) is 1.55. The van der Waals surface area contributed by atoms with Crippen LogP contribution in [0.2, 0.25) is 5.02 Å². The van der Waals surface area contributed by atoms with Crippen LogP contribution in [-0.4, -0.2) is 25.1 Å². The van der Waals surface area contributed by atoms with Crippen LogP contribution in [0.1, 0.15) is 10.6 Å². The number of halogens is 1. The first kappa shape index (κ1) is 17.2. The quantitative estimate of drug-likeness (QED) is 0.543. The number of aromatic nitrogens is 1. The van der Waals surface area contributed by atoms with Crippen LogP contribution in [0.25, 0.3) is 22.0 Å². The fourth-order valence-electron chi connectivity index (χ4n) is 2.81. The summed E-state index contributed by atoms with van der Waals surface area (Å²) in [6, 6.07) is 14.1. The van der Waals surface area contributed by atoms with Crippen LogP contribution in [0.4, 0.5) is 5.69 Å². The second kappa shape index (κ2) is 6.81. The van der Waals surface area contributed by atoms with Crippen molar-refractivity contribution >= 4 is 45.2 Å². The minimum atomic E-state index is -0.421. The minimum absolute atomic E-state index is 0.141. The van der Waals surface area contributed by atoms with E-state index < -0.39 is 5.91 Å². The van der Waals surface area contributed by atoms with Gasteiger partial charge >= 0.3 is 0 Å². The van der Waals surface area contributed by atoms with Gasteiger partial charge in [0.15, 0.2) is 5.76 Å². The van der Waals surface area contributed by atoms with Crippen LogP contribution in [0.5, 0.6) is 11.5 Å². The smallest absolute Gasteiger partial charge is 0.291 e. The predicted octanol–water partition coefficient (Wildman–Crippen LogP) is 4.90. The molecule has 2 heterocycles. The minimum Gasteiger partial charge on any atom is -0.497 e. The summed E-state index contributed by atoms with van der Waals surface area (Å²) in [6.45, 7) is 0. The summed E-state index contributed by atoms with van der Waals surface area (Å²) in [4.78, 5) is 17.1. The van der Waals surface area contributed by atoms with Gasteiger partial charge in [0.05, 0.1) is 25.4 Å². The van der Waals surface area contributed by atoms with Gasteiger partial charge in [0.25, 0.3) is 5.91 Å². The van der Waals surface area contributed by atoms with E-state index in [1.54, 1.807) is 31.4 Å². The molecular formula is C20H15ClN2O4. The summed E-state index contributed by atoms with van der Waals surface area (Å²) >= 11 is 6.00. The van der Waals surface area contributed by atoms with Crippen molar-refractivity contribution in [3.8, 4) is 11.5 Å². The lowest BCUT2D eigenvalue weighted by Gasteiger charge is -2.09. The van der Waals surface area contributed by atoms with Crippen molar-refractivity contribution in [1.82, 2.24) is 4.98 Å². The number of methoxy groups -OCH3 is 2. The molecule has 0 aliphatic heterocycles. The van der Waals surface area contributed by atoms with Gasteiger partial charge in [0.2, 0.25) is 5.71 Å². The lowest BCUT2D eigenvalue weighted by Crippen LogP contribution is -2.11. The van der Waals surface area contributed by atoms with Crippen molar-refractivity contribution in [3.63, 3.8) is 0 Å². The molecule has 27 heavy (non-hydrogen) atoms. The molecule has 0 bridgehead atoms.